The normalized spacial score (nSPS) is 11.0. The zero-order valence-electron chi connectivity index (χ0n) is 21.8. The molecule has 0 heterocycles. The summed E-state index contributed by atoms with van der Waals surface area (Å²) in [6.07, 6.45) is 1.46. The first kappa shape index (κ1) is 28.6. The summed E-state index contributed by atoms with van der Waals surface area (Å²) in [5, 5.41) is 12.6. The quantitative estimate of drug-likeness (QED) is 0.155. The molecule has 0 aromatic heterocycles. The van der Waals surface area contributed by atoms with Crippen LogP contribution in [0.5, 0.6) is 17.2 Å². The monoisotopic (exact) mass is 534 g/mol. The lowest BCUT2D eigenvalue weighted by atomic mass is 10.1. The summed E-state index contributed by atoms with van der Waals surface area (Å²) in [6, 6.07) is 20.4. The van der Waals surface area contributed by atoms with Gasteiger partial charge in [-0.15, -0.1) is 0 Å². The Morgan fingerprint density at radius 3 is 2.42 bits per heavy atom. The van der Waals surface area contributed by atoms with E-state index in [0.717, 1.165) is 16.9 Å². The highest BCUT2D eigenvalue weighted by atomic mass is 35.5. The van der Waals surface area contributed by atoms with E-state index in [2.05, 4.69) is 5.32 Å². The fourth-order valence-corrected chi connectivity index (χ4v) is 3.82. The van der Waals surface area contributed by atoms with Crippen molar-refractivity contribution in [3.63, 3.8) is 0 Å². The summed E-state index contributed by atoms with van der Waals surface area (Å²) in [6.45, 7) is 7.56. The first-order chi connectivity index (χ1) is 18.4. The molecule has 0 fully saturated rings. The van der Waals surface area contributed by atoms with Crippen LogP contribution in [0.2, 0.25) is 5.02 Å². The maximum absolute atomic E-state index is 12.7. The number of para-hydroxylation sites is 1. The molecule has 0 spiro atoms. The Morgan fingerprint density at radius 1 is 0.947 bits per heavy atom. The first-order valence-electron chi connectivity index (χ1n) is 12.3. The lowest BCUT2D eigenvalue weighted by Crippen LogP contribution is -2.13. The van der Waals surface area contributed by atoms with Gasteiger partial charge in [0.2, 0.25) is 0 Å². The smallest absolute Gasteiger partial charge is 0.266 e. The Labute approximate surface area is 228 Å². The van der Waals surface area contributed by atoms with Crippen molar-refractivity contribution in [2.24, 2.45) is 0 Å². The molecule has 198 valence electrons. The minimum atomic E-state index is -0.518. The molecule has 0 aliphatic carbocycles. The van der Waals surface area contributed by atoms with E-state index in [0.29, 0.717) is 54.2 Å². The lowest BCUT2D eigenvalue weighted by Gasteiger charge is -2.15. The average molecular weight is 535 g/mol. The summed E-state index contributed by atoms with van der Waals surface area (Å²) in [5.74, 6) is 1.09. The van der Waals surface area contributed by atoms with Crippen LogP contribution in [0.1, 0.15) is 23.6 Å². The number of carbonyl (C=O) groups excluding carboxylic acids is 1. The second kappa shape index (κ2) is 14.7. The van der Waals surface area contributed by atoms with Gasteiger partial charge in [0.05, 0.1) is 24.8 Å². The van der Waals surface area contributed by atoms with E-state index in [1.165, 1.54) is 6.08 Å². The van der Waals surface area contributed by atoms with E-state index in [9.17, 15) is 10.1 Å². The van der Waals surface area contributed by atoms with Crippen LogP contribution in [0.3, 0.4) is 0 Å². The zero-order chi connectivity index (χ0) is 27.3. The number of ether oxygens (including phenoxy) is 4. The SMILES string of the molecule is CCOc1cc(/C=C(\C#N)C(=O)Nc2cccc(C)c2)cc(Cl)c1OCCOCCOc1ccccc1C. The number of anilines is 1. The Hall–Kier alpha value is -3.99. The van der Waals surface area contributed by atoms with Crippen molar-refractivity contribution < 1.29 is 23.7 Å². The molecule has 0 radical (unpaired) electrons. The van der Waals surface area contributed by atoms with Crippen LogP contribution < -0.4 is 19.5 Å². The van der Waals surface area contributed by atoms with Crippen molar-refractivity contribution >= 4 is 29.3 Å². The summed E-state index contributed by atoms with van der Waals surface area (Å²) < 4.78 is 22.9. The summed E-state index contributed by atoms with van der Waals surface area (Å²) >= 11 is 6.49. The highest BCUT2D eigenvalue weighted by molar-refractivity contribution is 6.32. The molecule has 0 saturated heterocycles. The van der Waals surface area contributed by atoms with Crippen LogP contribution in [0.15, 0.2) is 66.2 Å². The van der Waals surface area contributed by atoms with Gasteiger partial charge in [-0.3, -0.25) is 4.79 Å². The van der Waals surface area contributed by atoms with Gasteiger partial charge in [-0.25, -0.2) is 0 Å². The number of rotatable bonds is 13. The number of nitrogens with zero attached hydrogens (tertiary/aromatic N) is 1. The van der Waals surface area contributed by atoms with Gasteiger partial charge in [-0.2, -0.15) is 5.26 Å². The van der Waals surface area contributed by atoms with Crippen molar-refractivity contribution in [3.8, 4) is 23.3 Å². The number of benzene rings is 3. The van der Waals surface area contributed by atoms with Crippen LogP contribution >= 0.6 is 11.6 Å². The number of aryl methyl sites for hydroxylation is 2. The number of amides is 1. The number of halogens is 1. The fraction of sp³-hybridized carbons (Fsp3) is 0.267. The predicted octanol–water partition coefficient (Wildman–Crippen LogP) is 6.38. The molecule has 0 bridgehead atoms. The number of nitriles is 1. The standard InChI is InChI=1S/C30H31ClN2O5/c1-4-36-28-19-23(17-24(20-32)30(34)33-25-10-7-8-21(2)16-25)18-26(31)29(28)38-15-13-35-12-14-37-27-11-6-5-9-22(27)3/h5-11,16-19H,4,12-15H2,1-3H3,(H,33,34)/b24-17+. The molecule has 1 N–H and O–H groups in total. The van der Waals surface area contributed by atoms with Gasteiger partial charge >= 0.3 is 0 Å². The molecule has 3 aromatic carbocycles. The number of hydrogen-bond acceptors (Lipinski definition) is 6. The Bertz CT molecular complexity index is 1320. The van der Waals surface area contributed by atoms with Crippen LogP contribution in [-0.2, 0) is 9.53 Å². The van der Waals surface area contributed by atoms with Gasteiger partial charge in [-0.05, 0) is 73.9 Å². The molecule has 3 aromatic rings. The van der Waals surface area contributed by atoms with E-state index in [4.69, 9.17) is 30.5 Å². The first-order valence-corrected chi connectivity index (χ1v) is 12.6. The van der Waals surface area contributed by atoms with Crippen LogP contribution in [-0.4, -0.2) is 38.9 Å². The topological polar surface area (TPSA) is 89.8 Å². The maximum Gasteiger partial charge on any atom is 0.266 e. The largest absolute Gasteiger partial charge is 0.491 e. The molecule has 3 rings (SSSR count). The third kappa shape index (κ3) is 8.55. The van der Waals surface area contributed by atoms with Crippen molar-refractivity contribution in [3.05, 3.63) is 87.9 Å². The predicted molar refractivity (Wildman–Crippen MR) is 149 cm³/mol. The Morgan fingerprint density at radius 2 is 1.71 bits per heavy atom. The number of hydrogen-bond donors (Lipinski definition) is 1. The van der Waals surface area contributed by atoms with Gasteiger partial charge in [0.1, 0.15) is 30.6 Å². The molecule has 0 aliphatic heterocycles. The van der Waals surface area contributed by atoms with Crippen LogP contribution in [0.25, 0.3) is 6.08 Å². The van der Waals surface area contributed by atoms with Gasteiger partial charge < -0.3 is 24.3 Å². The third-order valence-corrected chi connectivity index (χ3v) is 5.62. The molecule has 7 nitrogen and oxygen atoms in total. The van der Waals surface area contributed by atoms with Gasteiger partial charge in [0, 0.05) is 5.69 Å². The summed E-state index contributed by atoms with van der Waals surface area (Å²) in [4.78, 5) is 12.7. The van der Waals surface area contributed by atoms with Crippen LogP contribution in [0, 0.1) is 25.2 Å². The van der Waals surface area contributed by atoms with E-state index in [1.54, 1.807) is 18.2 Å². The average Bonchev–Trinajstić information content (AvgIpc) is 2.89. The van der Waals surface area contributed by atoms with Crippen molar-refractivity contribution in [2.45, 2.75) is 20.8 Å². The lowest BCUT2D eigenvalue weighted by molar-refractivity contribution is -0.112. The molecular weight excluding hydrogens is 504 g/mol. The van der Waals surface area contributed by atoms with Crippen molar-refractivity contribution in [2.75, 3.05) is 38.4 Å². The molecule has 0 aliphatic rings. The summed E-state index contributed by atoms with van der Waals surface area (Å²) in [7, 11) is 0. The Balaban J connectivity index is 1.59. The van der Waals surface area contributed by atoms with E-state index >= 15 is 0 Å². The molecule has 38 heavy (non-hydrogen) atoms. The van der Waals surface area contributed by atoms with Crippen LogP contribution in [0.4, 0.5) is 5.69 Å². The molecular formula is C30H31ClN2O5. The van der Waals surface area contributed by atoms with Gasteiger partial charge in [-0.1, -0.05) is 41.9 Å². The van der Waals surface area contributed by atoms with E-state index in [1.807, 2.05) is 69.3 Å². The maximum atomic E-state index is 12.7. The number of carbonyl (C=O) groups is 1. The molecule has 0 unspecified atom stereocenters. The van der Waals surface area contributed by atoms with Crippen molar-refractivity contribution in [1.82, 2.24) is 0 Å². The highest BCUT2D eigenvalue weighted by Gasteiger charge is 2.15. The molecule has 0 atom stereocenters. The fourth-order valence-electron chi connectivity index (χ4n) is 3.54. The summed E-state index contributed by atoms with van der Waals surface area (Å²) in [5.41, 5.74) is 3.14. The van der Waals surface area contributed by atoms with Gasteiger partial charge in [0.15, 0.2) is 11.5 Å². The molecule has 8 heteroatoms. The second-order valence-electron chi connectivity index (χ2n) is 8.33. The van der Waals surface area contributed by atoms with E-state index < -0.39 is 5.91 Å². The number of nitrogens with one attached hydrogen (secondary N) is 1. The van der Waals surface area contributed by atoms with Gasteiger partial charge in [0.25, 0.3) is 5.91 Å². The highest BCUT2D eigenvalue weighted by Crippen LogP contribution is 2.37. The second-order valence-corrected chi connectivity index (χ2v) is 8.74. The minimum Gasteiger partial charge on any atom is -0.491 e. The minimum absolute atomic E-state index is 0.0694. The van der Waals surface area contributed by atoms with Crippen molar-refractivity contribution in [1.29, 1.82) is 5.26 Å². The zero-order valence-corrected chi connectivity index (χ0v) is 22.5. The molecule has 1 amide bonds. The third-order valence-electron chi connectivity index (χ3n) is 5.34. The Kier molecular flexibility index (Phi) is 11.0. The molecule has 0 saturated carbocycles. The van der Waals surface area contributed by atoms with E-state index in [-0.39, 0.29) is 12.2 Å².